The van der Waals surface area contributed by atoms with Crippen molar-refractivity contribution in [3.05, 3.63) is 23.8 Å². The summed E-state index contributed by atoms with van der Waals surface area (Å²) in [6.07, 6.45) is 1.06. The summed E-state index contributed by atoms with van der Waals surface area (Å²) in [4.78, 5) is 0.202. The number of aryl methyl sites for hydroxylation is 1. The normalized spacial score (nSPS) is 29.7. The molecular formula is C16H23NO4S. The molecule has 1 saturated carbocycles. The highest BCUT2D eigenvalue weighted by molar-refractivity contribution is 7.89. The van der Waals surface area contributed by atoms with Gasteiger partial charge in [0.15, 0.2) is 0 Å². The first-order valence-electron chi connectivity index (χ1n) is 7.56. The zero-order chi connectivity index (χ0) is 16.1. The minimum Gasteiger partial charge on any atom is -0.495 e. The number of nitrogens with one attached hydrogen (secondary N) is 1. The van der Waals surface area contributed by atoms with Gasteiger partial charge in [0.2, 0.25) is 10.0 Å². The number of methoxy groups -OCH3 is 1. The van der Waals surface area contributed by atoms with Gasteiger partial charge < -0.3 is 9.47 Å². The Hall–Kier alpha value is -1.11. The molecule has 0 spiro atoms. The number of ether oxygens (including phenoxy) is 2. The van der Waals surface area contributed by atoms with Gasteiger partial charge in [0.05, 0.1) is 13.2 Å². The summed E-state index contributed by atoms with van der Waals surface area (Å²) in [5.41, 5.74) is 0.696. The maximum atomic E-state index is 12.8. The molecule has 6 heteroatoms. The number of hydrogen-bond donors (Lipinski definition) is 1. The van der Waals surface area contributed by atoms with Gasteiger partial charge in [-0.05, 0) is 31.0 Å². The quantitative estimate of drug-likeness (QED) is 0.921. The van der Waals surface area contributed by atoms with E-state index in [0.717, 1.165) is 12.0 Å². The largest absolute Gasteiger partial charge is 0.495 e. The molecule has 122 valence electrons. The molecule has 2 aliphatic rings. The molecule has 5 nitrogen and oxygen atoms in total. The summed E-state index contributed by atoms with van der Waals surface area (Å²) >= 11 is 0. The van der Waals surface area contributed by atoms with Crippen molar-refractivity contribution < 1.29 is 17.9 Å². The van der Waals surface area contributed by atoms with E-state index in [4.69, 9.17) is 9.47 Å². The van der Waals surface area contributed by atoms with Gasteiger partial charge in [0, 0.05) is 24.0 Å². The van der Waals surface area contributed by atoms with Crippen molar-refractivity contribution in [2.24, 2.45) is 11.3 Å². The van der Waals surface area contributed by atoms with E-state index in [1.54, 1.807) is 12.1 Å². The maximum Gasteiger partial charge on any atom is 0.244 e. The average molecular weight is 325 g/mol. The first-order chi connectivity index (χ1) is 10.3. The van der Waals surface area contributed by atoms with Gasteiger partial charge >= 0.3 is 0 Å². The van der Waals surface area contributed by atoms with Crippen molar-refractivity contribution in [1.29, 1.82) is 0 Å². The Morgan fingerprint density at radius 3 is 2.77 bits per heavy atom. The van der Waals surface area contributed by atoms with Crippen LogP contribution >= 0.6 is 0 Å². The minimum absolute atomic E-state index is 0.102. The molecule has 1 N–H and O–H groups in total. The molecule has 1 aliphatic carbocycles. The number of sulfonamides is 1. The molecule has 3 atom stereocenters. The predicted octanol–water partition coefficient (Wildman–Crippen LogP) is 2.10. The first kappa shape index (κ1) is 15.8. The summed E-state index contributed by atoms with van der Waals surface area (Å²) in [7, 11) is -2.14. The van der Waals surface area contributed by atoms with Crippen molar-refractivity contribution in [2.75, 3.05) is 13.7 Å². The Labute approximate surface area is 132 Å². The van der Waals surface area contributed by atoms with E-state index in [1.807, 2.05) is 13.0 Å². The topological polar surface area (TPSA) is 64.6 Å². The van der Waals surface area contributed by atoms with Gasteiger partial charge in [-0.25, -0.2) is 13.1 Å². The Kier molecular flexibility index (Phi) is 3.74. The van der Waals surface area contributed by atoms with Gasteiger partial charge in [0.1, 0.15) is 10.6 Å². The number of hydrogen-bond acceptors (Lipinski definition) is 4. The molecule has 1 heterocycles. The molecule has 3 rings (SSSR count). The summed E-state index contributed by atoms with van der Waals surface area (Å²) in [5, 5.41) is 0. The molecule has 0 amide bonds. The van der Waals surface area contributed by atoms with Gasteiger partial charge in [-0.1, -0.05) is 19.9 Å². The smallest absolute Gasteiger partial charge is 0.244 e. The molecule has 0 aromatic heterocycles. The first-order valence-corrected chi connectivity index (χ1v) is 9.04. The van der Waals surface area contributed by atoms with Crippen molar-refractivity contribution in [2.45, 2.75) is 44.2 Å². The van der Waals surface area contributed by atoms with Crippen molar-refractivity contribution in [3.8, 4) is 5.75 Å². The summed E-state index contributed by atoms with van der Waals surface area (Å²) in [6.45, 7) is 6.69. The van der Waals surface area contributed by atoms with Crippen molar-refractivity contribution in [3.63, 3.8) is 0 Å². The standard InChI is InChI=1S/C16H23NO4S/c1-10-5-6-12(20-4)13(9-10)22(18,19)17-14-11-7-8-21-15(11)16(14,2)3/h5-6,9,11,14-15,17H,7-8H2,1-4H3/t11-,14+,15-/m0/s1. The van der Waals surface area contributed by atoms with Crippen LogP contribution in [0.3, 0.4) is 0 Å². The number of fused-ring (bicyclic) bond motifs is 1. The van der Waals surface area contributed by atoms with Crippen LogP contribution in [-0.2, 0) is 14.8 Å². The minimum atomic E-state index is -3.63. The van der Waals surface area contributed by atoms with Crippen LogP contribution in [0.1, 0.15) is 25.8 Å². The van der Waals surface area contributed by atoms with Crippen LogP contribution in [-0.4, -0.2) is 34.3 Å². The molecule has 0 unspecified atom stereocenters. The van der Waals surface area contributed by atoms with E-state index in [2.05, 4.69) is 18.6 Å². The maximum absolute atomic E-state index is 12.8. The van der Waals surface area contributed by atoms with E-state index >= 15 is 0 Å². The molecule has 0 bridgehead atoms. The molecule has 1 aromatic rings. The third-order valence-corrected chi connectivity index (χ3v) is 6.45. The molecule has 2 fully saturated rings. The second-order valence-electron chi connectivity index (χ2n) is 6.82. The highest BCUT2D eigenvalue weighted by Crippen LogP contribution is 2.52. The molecule has 1 saturated heterocycles. The highest BCUT2D eigenvalue weighted by atomic mass is 32.2. The van der Waals surface area contributed by atoms with Crippen LogP contribution in [0.15, 0.2) is 23.1 Å². The summed E-state index contributed by atoms with van der Waals surface area (Å²) in [5.74, 6) is 0.634. The van der Waals surface area contributed by atoms with Gasteiger partial charge in [-0.3, -0.25) is 0 Å². The lowest BCUT2D eigenvalue weighted by molar-refractivity contribution is -0.105. The summed E-state index contributed by atoms with van der Waals surface area (Å²) < 4.78 is 39.4. The highest BCUT2D eigenvalue weighted by Gasteiger charge is 2.60. The van der Waals surface area contributed by atoms with Crippen LogP contribution in [0, 0.1) is 18.3 Å². The Balaban J connectivity index is 1.90. The van der Waals surface area contributed by atoms with Crippen LogP contribution in [0.25, 0.3) is 0 Å². The summed E-state index contributed by atoms with van der Waals surface area (Å²) in [6, 6.07) is 5.08. The van der Waals surface area contributed by atoms with Crippen LogP contribution in [0.2, 0.25) is 0 Å². The number of benzene rings is 1. The molecule has 1 aromatic carbocycles. The predicted molar refractivity (Wildman–Crippen MR) is 83.5 cm³/mol. The lowest BCUT2D eigenvalue weighted by Crippen LogP contribution is -2.66. The fourth-order valence-corrected chi connectivity index (χ4v) is 5.49. The Morgan fingerprint density at radius 2 is 2.09 bits per heavy atom. The van der Waals surface area contributed by atoms with Crippen LogP contribution < -0.4 is 9.46 Å². The van der Waals surface area contributed by atoms with Crippen LogP contribution in [0.5, 0.6) is 5.75 Å². The average Bonchev–Trinajstić information content (AvgIpc) is 2.92. The van der Waals surface area contributed by atoms with E-state index in [-0.39, 0.29) is 28.4 Å². The monoisotopic (exact) mass is 325 g/mol. The van der Waals surface area contributed by atoms with Crippen LogP contribution in [0.4, 0.5) is 0 Å². The SMILES string of the molecule is COc1ccc(C)cc1S(=O)(=O)N[C@@H]1[C@@H]2CCO[C@@H]2C1(C)C. The van der Waals surface area contributed by atoms with Crippen molar-refractivity contribution in [1.82, 2.24) is 4.72 Å². The second-order valence-corrected chi connectivity index (χ2v) is 8.50. The fourth-order valence-electron chi connectivity index (χ4n) is 3.79. The van der Waals surface area contributed by atoms with E-state index in [0.29, 0.717) is 12.4 Å². The van der Waals surface area contributed by atoms with Gasteiger partial charge in [0.25, 0.3) is 0 Å². The molecule has 1 aliphatic heterocycles. The third kappa shape index (κ3) is 2.33. The van der Waals surface area contributed by atoms with E-state index < -0.39 is 10.0 Å². The lowest BCUT2D eigenvalue weighted by Gasteiger charge is -2.54. The zero-order valence-corrected chi connectivity index (χ0v) is 14.2. The third-order valence-electron chi connectivity index (χ3n) is 4.99. The van der Waals surface area contributed by atoms with E-state index in [9.17, 15) is 8.42 Å². The number of rotatable bonds is 4. The fraction of sp³-hybridized carbons (Fsp3) is 0.625. The zero-order valence-electron chi connectivity index (χ0n) is 13.4. The van der Waals surface area contributed by atoms with E-state index in [1.165, 1.54) is 7.11 Å². The Morgan fingerprint density at radius 1 is 1.36 bits per heavy atom. The molecular weight excluding hydrogens is 302 g/mol. The lowest BCUT2D eigenvalue weighted by atomic mass is 9.58. The molecule has 22 heavy (non-hydrogen) atoms. The molecule has 0 radical (unpaired) electrons. The Bertz CT molecular complexity index is 683. The van der Waals surface area contributed by atoms with Crippen molar-refractivity contribution >= 4 is 10.0 Å². The van der Waals surface area contributed by atoms with Gasteiger partial charge in [-0.2, -0.15) is 0 Å². The van der Waals surface area contributed by atoms with Gasteiger partial charge in [-0.15, -0.1) is 0 Å². The second kappa shape index (κ2) is 5.22.